The number of likely N-dealkylation sites (tertiary alicyclic amines) is 1. The van der Waals surface area contributed by atoms with E-state index in [1.54, 1.807) is 24.3 Å². The third-order valence-electron chi connectivity index (χ3n) is 3.74. The van der Waals surface area contributed by atoms with Crippen molar-refractivity contribution in [2.45, 2.75) is 25.4 Å². The van der Waals surface area contributed by atoms with Crippen LogP contribution in [0.1, 0.15) is 36.5 Å². The Labute approximate surface area is 125 Å². The minimum atomic E-state index is -0.625. The molecule has 112 valence electrons. The van der Waals surface area contributed by atoms with Crippen LogP contribution in [0.4, 0.5) is 0 Å². The van der Waals surface area contributed by atoms with E-state index in [1.165, 1.54) is 0 Å². The van der Waals surface area contributed by atoms with Crippen molar-refractivity contribution in [3.05, 3.63) is 35.4 Å². The summed E-state index contributed by atoms with van der Waals surface area (Å²) in [6.45, 7) is 2.74. The number of nitrogens with one attached hydrogen (secondary N) is 1. The number of aliphatic hydroxyl groups is 1. The number of carbonyl (C=O) groups excluding carboxylic acids is 1. The molecule has 0 saturated carbocycles. The molecule has 0 radical (unpaired) electrons. The number of hydrogen-bond donors (Lipinski definition) is 2. The van der Waals surface area contributed by atoms with Gasteiger partial charge in [-0.2, -0.15) is 5.26 Å². The highest BCUT2D eigenvalue weighted by molar-refractivity contribution is 5.76. The molecule has 1 fully saturated rings. The zero-order valence-electron chi connectivity index (χ0n) is 12.1. The Kier molecular flexibility index (Phi) is 5.73. The average molecular weight is 287 g/mol. The predicted molar refractivity (Wildman–Crippen MR) is 79.4 cm³/mol. The van der Waals surface area contributed by atoms with Crippen LogP contribution in [-0.4, -0.2) is 42.1 Å². The number of nitriles is 1. The van der Waals surface area contributed by atoms with Crippen LogP contribution < -0.4 is 5.32 Å². The maximum Gasteiger partial charge on any atom is 0.223 e. The van der Waals surface area contributed by atoms with Gasteiger partial charge < -0.3 is 15.3 Å². The second-order valence-corrected chi connectivity index (χ2v) is 5.29. The van der Waals surface area contributed by atoms with E-state index in [0.29, 0.717) is 25.1 Å². The summed E-state index contributed by atoms with van der Waals surface area (Å²) in [5, 5.41) is 21.8. The largest absolute Gasteiger partial charge is 0.387 e. The first-order chi connectivity index (χ1) is 10.2. The fourth-order valence-electron chi connectivity index (χ4n) is 2.46. The Balaban J connectivity index is 1.67. The zero-order valence-corrected chi connectivity index (χ0v) is 12.1. The number of hydrogen-bond acceptors (Lipinski definition) is 4. The van der Waals surface area contributed by atoms with Gasteiger partial charge in [-0.05, 0) is 30.5 Å². The molecule has 1 saturated heterocycles. The minimum absolute atomic E-state index is 0.188. The smallest absolute Gasteiger partial charge is 0.223 e. The maximum absolute atomic E-state index is 11.8. The lowest BCUT2D eigenvalue weighted by Crippen LogP contribution is -2.31. The molecule has 1 heterocycles. The second-order valence-electron chi connectivity index (χ2n) is 5.29. The highest BCUT2D eigenvalue weighted by Gasteiger charge is 2.17. The predicted octanol–water partition coefficient (Wildman–Crippen LogP) is 1.19. The monoisotopic (exact) mass is 287 g/mol. The average Bonchev–Trinajstić information content (AvgIpc) is 3.05. The zero-order chi connectivity index (χ0) is 15.1. The van der Waals surface area contributed by atoms with Gasteiger partial charge in [0, 0.05) is 32.6 Å². The van der Waals surface area contributed by atoms with Gasteiger partial charge in [-0.15, -0.1) is 0 Å². The molecule has 5 nitrogen and oxygen atoms in total. The molecule has 0 aliphatic carbocycles. The molecule has 2 rings (SSSR count). The van der Waals surface area contributed by atoms with Gasteiger partial charge in [0.25, 0.3) is 0 Å². The molecule has 1 aromatic rings. The molecule has 2 N–H and O–H groups in total. The third kappa shape index (κ3) is 4.55. The summed E-state index contributed by atoms with van der Waals surface area (Å²) in [5.74, 6) is 0.188. The van der Waals surface area contributed by atoms with E-state index in [9.17, 15) is 9.90 Å². The molecule has 0 spiro atoms. The summed E-state index contributed by atoms with van der Waals surface area (Å²) in [5.41, 5.74) is 1.35. The quantitative estimate of drug-likeness (QED) is 0.771. The van der Waals surface area contributed by atoms with Crippen LogP contribution in [0.15, 0.2) is 24.3 Å². The molecule has 1 unspecified atom stereocenters. The van der Waals surface area contributed by atoms with Gasteiger partial charge in [0.2, 0.25) is 5.91 Å². The SMILES string of the molecule is N#Cc1ccc(C(O)CNCCC(=O)N2CCCC2)cc1. The molecule has 1 aromatic carbocycles. The van der Waals surface area contributed by atoms with Gasteiger partial charge >= 0.3 is 0 Å². The molecular weight excluding hydrogens is 266 g/mol. The number of amides is 1. The summed E-state index contributed by atoms with van der Waals surface area (Å²) in [7, 11) is 0. The van der Waals surface area contributed by atoms with E-state index in [4.69, 9.17) is 5.26 Å². The first kappa shape index (κ1) is 15.5. The van der Waals surface area contributed by atoms with Crippen molar-refractivity contribution < 1.29 is 9.90 Å². The van der Waals surface area contributed by atoms with Gasteiger partial charge in [0.05, 0.1) is 17.7 Å². The first-order valence-corrected chi connectivity index (χ1v) is 7.37. The van der Waals surface area contributed by atoms with Crippen LogP contribution in [0.3, 0.4) is 0 Å². The van der Waals surface area contributed by atoms with Crippen molar-refractivity contribution in [1.82, 2.24) is 10.2 Å². The van der Waals surface area contributed by atoms with E-state index in [1.807, 2.05) is 11.0 Å². The standard InChI is InChI=1S/C16H21N3O2/c17-11-13-3-5-14(6-4-13)15(20)12-18-8-7-16(21)19-9-1-2-10-19/h3-6,15,18,20H,1-2,7-10,12H2. The molecule has 0 aromatic heterocycles. The molecule has 1 amide bonds. The number of carbonyl (C=O) groups is 1. The maximum atomic E-state index is 11.8. The van der Waals surface area contributed by atoms with E-state index >= 15 is 0 Å². The second kappa shape index (κ2) is 7.77. The van der Waals surface area contributed by atoms with Crippen molar-refractivity contribution in [2.75, 3.05) is 26.2 Å². The van der Waals surface area contributed by atoms with Gasteiger partial charge in [-0.3, -0.25) is 4.79 Å². The van der Waals surface area contributed by atoms with E-state index in [0.717, 1.165) is 31.5 Å². The van der Waals surface area contributed by atoms with Crippen molar-refractivity contribution in [2.24, 2.45) is 0 Å². The van der Waals surface area contributed by atoms with Crippen LogP contribution in [-0.2, 0) is 4.79 Å². The summed E-state index contributed by atoms with van der Waals surface area (Å²) in [6, 6.07) is 8.93. The van der Waals surface area contributed by atoms with Crippen LogP contribution in [0.25, 0.3) is 0 Å². The fourth-order valence-corrected chi connectivity index (χ4v) is 2.46. The Bertz CT molecular complexity index is 501. The topological polar surface area (TPSA) is 76.4 Å². The minimum Gasteiger partial charge on any atom is -0.387 e. The Morgan fingerprint density at radius 2 is 2.00 bits per heavy atom. The van der Waals surface area contributed by atoms with E-state index < -0.39 is 6.10 Å². The summed E-state index contributed by atoms with van der Waals surface area (Å²) in [4.78, 5) is 13.7. The molecule has 21 heavy (non-hydrogen) atoms. The van der Waals surface area contributed by atoms with Gasteiger partial charge in [-0.25, -0.2) is 0 Å². The van der Waals surface area contributed by atoms with Crippen LogP contribution >= 0.6 is 0 Å². The number of rotatable bonds is 6. The van der Waals surface area contributed by atoms with Crippen molar-refractivity contribution in [3.8, 4) is 6.07 Å². The highest BCUT2D eigenvalue weighted by atomic mass is 16.3. The van der Waals surface area contributed by atoms with Gasteiger partial charge in [-0.1, -0.05) is 12.1 Å². The summed E-state index contributed by atoms with van der Waals surface area (Å²) >= 11 is 0. The molecule has 0 bridgehead atoms. The molecular formula is C16H21N3O2. The third-order valence-corrected chi connectivity index (χ3v) is 3.74. The van der Waals surface area contributed by atoms with Crippen molar-refractivity contribution in [3.63, 3.8) is 0 Å². The number of aliphatic hydroxyl groups excluding tert-OH is 1. The lowest BCUT2D eigenvalue weighted by atomic mass is 10.1. The lowest BCUT2D eigenvalue weighted by molar-refractivity contribution is -0.130. The Morgan fingerprint density at radius 1 is 1.33 bits per heavy atom. The Hall–Kier alpha value is -1.90. The number of benzene rings is 1. The van der Waals surface area contributed by atoms with Crippen molar-refractivity contribution >= 4 is 5.91 Å². The van der Waals surface area contributed by atoms with Gasteiger partial charge in [0.15, 0.2) is 0 Å². The first-order valence-electron chi connectivity index (χ1n) is 7.37. The van der Waals surface area contributed by atoms with Gasteiger partial charge in [0.1, 0.15) is 0 Å². The normalized spacial score (nSPS) is 15.7. The fraction of sp³-hybridized carbons (Fsp3) is 0.500. The summed E-state index contributed by atoms with van der Waals surface area (Å²) in [6.07, 6.45) is 2.06. The van der Waals surface area contributed by atoms with E-state index in [2.05, 4.69) is 5.32 Å². The van der Waals surface area contributed by atoms with Crippen LogP contribution in [0, 0.1) is 11.3 Å². The molecule has 1 aliphatic rings. The molecule has 1 aliphatic heterocycles. The molecule has 5 heteroatoms. The number of nitrogens with zero attached hydrogens (tertiary/aromatic N) is 2. The van der Waals surface area contributed by atoms with Crippen LogP contribution in [0.2, 0.25) is 0 Å². The molecule has 1 atom stereocenters. The Morgan fingerprint density at radius 3 is 2.62 bits per heavy atom. The lowest BCUT2D eigenvalue weighted by Gasteiger charge is -2.16. The van der Waals surface area contributed by atoms with Crippen molar-refractivity contribution in [1.29, 1.82) is 5.26 Å². The van der Waals surface area contributed by atoms with Crippen LogP contribution in [0.5, 0.6) is 0 Å². The van der Waals surface area contributed by atoms with E-state index in [-0.39, 0.29) is 5.91 Å². The summed E-state index contributed by atoms with van der Waals surface area (Å²) < 4.78 is 0. The highest BCUT2D eigenvalue weighted by Crippen LogP contribution is 2.13.